The van der Waals surface area contributed by atoms with E-state index in [0.717, 1.165) is 35.0 Å². The van der Waals surface area contributed by atoms with Crippen LogP contribution in [0.15, 0.2) is 55.1 Å². The molecule has 4 aromatic rings. The molecule has 1 fully saturated rings. The Morgan fingerprint density at radius 3 is 2.58 bits per heavy atom. The zero-order chi connectivity index (χ0) is 21.2. The molecule has 3 heterocycles. The number of fused-ring (bicyclic) bond motifs is 1. The number of hydrogen-bond acceptors (Lipinski definition) is 5. The van der Waals surface area contributed by atoms with Crippen molar-refractivity contribution < 1.29 is 4.79 Å². The summed E-state index contributed by atoms with van der Waals surface area (Å²) in [6.07, 6.45) is 11.0. The highest BCUT2D eigenvalue weighted by Crippen LogP contribution is 2.41. The Hall–Kier alpha value is -3.52. The van der Waals surface area contributed by atoms with Crippen LogP contribution in [0.2, 0.25) is 5.02 Å². The number of benzene rings is 1. The molecule has 0 atom stereocenters. The summed E-state index contributed by atoms with van der Waals surface area (Å²) in [6, 6.07) is 9.30. The maximum absolute atomic E-state index is 12.8. The second-order valence-corrected chi connectivity index (χ2v) is 7.92. The highest BCUT2D eigenvalue weighted by molar-refractivity contribution is 6.32. The molecule has 0 radical (unpaired) electrons. The third-order valence-corrected chi connectivity index (χ3v) is 5.79. The minimum absolute atomic E-state index is 0.327. The van der Waals surface area contributed by atoms with Crippen molar-refractivity contribution in [3.8, 4) is 5.82 Å². The molecule has 156 valence electrons. The zero-order valence-corrected chi connectivity index (χ0v) is 17.4. The second kappa shape index (κ2) is 8.31. The number of aromatic nitrogens is 5. The van der Waals surface area contributed by atoms with E-state index in [2.05, 4.69) is 36.9 Å². The first kappa shape index (κ1) is 19.4. The number of pyridine rings is 2. The van der Waals surface area contributed by atoms with Gasteiger partial charge in [-0.15, -0.1) is 4.80 Å². The fourth-order valence-corrected chi connectivity index (χ4v) is 4.41. The molecule has 1 aliphatic carbocycles. The molecular formula is C22H20ClN7O. The van der Waals surface area contributed by atoms with Gasteiger partial charge in [-0.1, -0.05) is 42.6 Å². The number of nitrogens with one attached hydrogen (secondary N) is 2. The normalized spacial score (nSPS) is 14.1. The summed E-state index contributed by atoms with van der Waals surface area (Å²) in [7, 11) is 0. The standard InChI is InChI=1S/C22H20ClN7O/c23-17-11-15(12-25-21(17)30-26-9-10-27-30)28-22(31)29-19-13-24-18-8-4-3-7-16(18)20(19)14-5-1-2-6-14/h3-4,7-14H,1-2,5-6H2,(H2,28,29,31). The van der Waals surface area contributed by atoms with Gasteiger partial charge in [-0.3, -0.25) is 4.98 Å². The molecule has 0 bridgehead atoms. The number of carbonyl (C=O) groups is 1. The fraction of sp³-hybridized carbons (Fsp3) is 0.227. The summed E-state index contributed by atoms with van der Waals surface area (Å²) in [5, 5.41) is 15.2. The van der Waals surface area contributed by atoms with Gasteiger partial charge < -0.3 is 10.6 Å². The van der Waals surface area contributed by atoms with E-state index in [1.807, 2.05) is 18.2 Å². The van der Waals surface area contributed by atoms with Gasteiger partial charge in [0, 0.05) is 5.39 Å². The van der Waals surface area contributed by atoms with Gasteiger partial charge in [0.05, 0.1) is 46.7 Å². The number of rotatable bonds is 4. The van der Waals surface area contributed by atoms with Gasteiger partial charge in [0.1, 0.15) is 0 Å². The van der Waals surface area contributed by atoms with E-state index in [0.29, 0.717) is 22.4 Å². The lowest BCUT2D eigenvalue weighted by Gasteiger charge is -2.18. The van der Waals surface area contributed by atoms with Crippen molar-refractivity contribution in [2.24, 2.45) is 0 Å². The van der Waals surface area contributed by atoms with Crippen molar-refractivity contribution >= 4 is 39.9 Å². The number of hydrogen-bond donors (Lipinski definition) is 2. The molecular weight excluding hydrogens is 414 g/mol. The summed E-state index contributed by atoms with van der Waals surface area (Å²) < 4.78 is 0. The van der Waals surface area contributed by atoms with Crippen molar-refractivity contribution in [2.75, 3.05) is 10.6 Å². The predicted molar refractivity (Wildman–Crippen MR) is 120 cm³/mol. The van der Waals surface area contributed by atoms with E-state index in [1.165, 1.54) is 36.2 Å². The molecule has 0 aliphatic heterocycles. The van der Waals surface area contributed by atoms with Crippen LogP contribution < -0.4 is 10.6 Å². The van der Waals surface area contributed by atoms with Crippen molar-refractivity contribution in [3.05, 3.63) is 65.7 Å². The second-order valence-electron chi connectivity index (χ2n) is 7.51. The SMILES string of the molecule is O=C(Nc1cnc(-n2nccn2)c(Cl)c1)Nc1cnc2ccccc2c1C1CCCC1. The van der Waals surface area contributed by atoms with Crippen LogP contribution in [0.25, 0.3) is 16.7 Å². The molecule has 0 spiro atoms. The Morgan fingerprint density at radius 1 is 1.03 bits per heavy atom. The fourth-order valence-electron chi connectivity index (χ4n) is 4.17. The summed E-state index contributed by atoms with van der Waals surface area (Å²) >= 11 is 6.30. The number of urea groups is 1. The average molecular weight is 434 g/mol. The summed E-state index contributed by atoms with van der Waals surface area (Å²) in [4.78, 5) is 22.9. The lowest BCUT2D eigenvalue weighted by Crippen LogP contribution is -2.21. The van der Waals surface area contributed by atoms with Crippen molar-refractivity contribution in [2.45, 2.75) is 31.6 Å². The van der Waals surface area contributed by atoms with E-state index >= 15 is 0 Å². The zero-order valence-electron chi connectivity index (χ0n) is 16.6. The first-order valence-corrected chi connectivity index (χ1v) is 10.5. The predicted octanol–water partition coefficient (Wildman–Crippen LogP) is 5.17. The molecule has 2 N–H and O–H groups in total. The van der Waals surface area contributed by atoms with Gasteiger partial charge in [0.25, 0.3) is 0 Å². The minimum atomic E-state index is -0.376. The Labute approximate surface area is 183 Å². The highest BCUT2D eigenvalue weighted by atomic mass is 35.5. The van der Waals surface area contributed by atoms with Gasteiger partial charge >= 0.3 is 6.03 Å². The lowest BCUT2D eigenvalue weighted by atomic mass is 9.93. The Bertz CT molecular complexity index is 1240. The maximum atomic E-state index is 12.8. The quantitative estimate of drug-likeness (QED) is 0.463. The molecule has 1 aromatic carbocycles. The van der Waals surface area contributed by atoms with Crippen LogP contribution in [0.4, 0.5) is 16.2 Å². The van der Waals surface area contributed by atoms with Crippen LogP contribution >= 0.6 is 11.6 Å². The van der Waals surface area contributed by atoms with Gasteiger partial charge in [0.2, 0.25) is 0 Å². The van der Waals surface area contributed by atoms with E-state index in [-0.39, 0.29) is 6.03 Å². The smallest absolute Gasteiger partial charge is 0.306 e. The molecule has 3 aromatic heterocycles. The van der Waals surface area contributed by atoms with E-state index in [9.17, 15) is 4.79 Å². The highest BCUT2D eigenvalue weighted by Gasteiger charge is 2.23. The summed E-state index contributed by atoms with van der Waals surface area (Å²) in [6.45, 7) is 0. The summed E-state index contributed by atoms with van der Waals surface area (Å²) in [5.74, 6) is 0.806. The molecule has 31 heavy (non-hydrogen) atoms. The topological polar surface area (TPSA) is 97.6 Å². The number of amides is 2. The third-order valence-electron chi connectivity index (χ3n) is 5.52. The van der Waals surface area contributed by atoms with E-state index in [4.69, 9.17) is 11.6 Å². The number of para-hydroxylation sites is 1. The molecule has 0 saturated heterocycles. The Morgan fingerprint density at radius 2 is 1.81 bits per heavy atom. The first-order valence-electron chi connectivity index (χ1n) is 10.2. The minimum Gasteiger partial charge on any atom is -0.306 e. The van der Waals surface area contributed by atoms with E-state index < -0.39 is 0 Å². The molecule has 2 amide bonds. The van der Waals surface area contributed by atoms with Crippen LogP contribution in [0.1, 0.15) is 37.2 Å². The van der Waals surface area contributed by atoms with Gasteiger partial charge in [-0.25, -0.2) is 9.78 Å². The van der Waals surface area contributed by atoms with Crippen LogP contribution in [-0.2, 0) is 0 Å². The number of carbonyl (C=O) groups excluding carboxylic acids is 1. The van der Waals surface area contributed by atoms with Crippen LogP contribution in [-0.4, -0.2) is 31.0 Å². The molecule has 1 aliphatic rings. The average Bonchev–Trinajstić information content (AvgIpc) is 3.48. The Balaban J connectivity index is 1.39. The van der Waals surface area contributed by atoms with Crippen LogP contribution in [0.3, 0.4) is 0 Å². The monoisotopic (exact) mass is 433 g/mol. The van der Waals surface area contributed by atoms with E-state index in [1.54, 1.807) is 12.3 Å². The molecule has 9 heteroatoms. The maximum Gasteiger partial charge on any atom is 0.323 e. The molecule has 0 unspecified atom stereocenters. The van der Waals surface area contributed by atoms with Crippen molar-refractivity contribution in [1.29, 1.82) is 0 Å². The van der Waals surface area contributed by atoms with Crippen LogP contribution in [0.5, 0.6) is 0 Å². The van der Waals surface area contributed by atoms with Crippen molar-refractivity contribution in [3.63, 3.8) is 0 Å². The number of nitrogens with zero attached hydrogens (tertiary/aromatic N) is 5. The molecule has 5 rings (SSSR count). The van der Waals surface area contributed by atoms with Crippen molar-refractivity contribution in [1.82, 2.24) is 25.0 Å². The largest absolute Gasteiger partial charge is 0.323 e. The van der Waals surface area contributed by atoms with Crippen LogP contribution in [0, 0.1) is 0 Å². The number of anilines is 2. The number of halogens is 1. The third kappa shape index (κ3) is 3.94. The summed E-state index contributed by atoms with van der Waals surface area (Å²) in [5.41, 5.74) is 3.30. The molecule has 1 saturated carbocycles. The molecule has 8 nitrogen and oxygen atoms in total. The Kier molecular flexibility index (Phi) is 5.21. The first-order chi connectivity index (χ1) is 15.2. The van der Waals surface area contributed by atoms with Gasteiger partial charge in [-0.2, -0.15) is 10.2 Å². The lowest BCUT2D eigenvalue weighted by molar-refractivity contribution is 0.262. The van der Waals surface area contributed by atoms with Gasteiger partial charge in [0.15, 0.2) is 5.82 Å². The van der Waals surface area contributed by atoms with Gasteiger partial charge in [-0.05, 0) is 36.5 Å².